The lowest BCUT2D eigenvalue weighted by Crippen LogP contribution is -2.38. The van der Waals surface area contributed by atoms with Crippen LogP contribution in [-0.2, 0) is 4.74 Å². The molecule has 0 bridgehead atoms. The van der Waals surface area contributed by atoms with Crippen molar-refractivity contribution in [3.05, 3.63) is 23.5 Å². The molecule has 0 aromatic heterocycles. The summed E-state index contributed by atoms with van der Waals surface area (Å²) < 4.78 is 5.69. The van der Waals surface area contributed by atoms with Crippen molar-refractivity contribution in [1.29, 1.82) is 0 Å². The maximum Gasteiger partial charge on any atom is 0.165 e. The van der Waals surface area contributed by atoms with E-state index < -0.39 is 30.5 Å². The van der Waals surface area contributed by atoms with Gasteiger partial charge in [-0.3, -0.25) is 0 Å². The molecule has 1 heterocycles. The van der Waals surface area contributed by atoms with E-state index in [4.69, 9.17) is 4.74 Å². The lowest BCUT2D eigenvalue weighted by Gasteiger charge is -2.33. The fraction of sp³-hybridized carbons (Fsp3) is 0.789. The lowest BCUT2D eigenvalue weighted by atomic mass is 9.80. The van der Waals surface area contributed by atoms with Crippen LogP contribution in [0.3, 0.4) is 0 Å². The van der Waals surface area contributed by atoms with Crippen LogP contribution in [0.1, 0.15) is 52.4 Å². The standard InChI is InChI=1S/C19H32O6/c1-11-9-13-6-4-8-15(21)18(23)14(20)7-3-5-12(2)25-19(24)17(13)16(22)10-11/h9-10,12-15,17-24H,3-8H2,1-2H3/t12-,13?,14?,15-,17?,18+,19?/m0/s1. The Morgan fingerprint density at radius 3 is 2.20 bits per heavy atom. The minimum atomic E-state index is -1.16. The van der Waals surface area contributed by atoms with E-state index in [-0.39, 0.29) is 17.8 Å². The van der Waals surface area contributed by atoms with Crippen molar-refractivity contribution in [1.82, 2.24) is 0 Å². The molecule has 0 aromatic rings. The number of rotatable bonds is 0. The Bertz CT molecular complexity index is 488. The molecule has 2 rings (SSSR count). The van der Waals surface area contributed by atoms with Crippen molar-refractivity contribution in [2.75, 3.05) is 0 Å². The minimum absolute atomic E-state index is 0.107. The van der Waals surface area contributed by atoms with Crippen molar-refractivity contribution < 1.29 is 30.3 Å². The molecule has 0 aromatic carbocycles. The van der Waals surface area contributed by atoms with E-state index in [1.54, 1.807) is 6.08 Å². The third-order valence-electron chi connectivity index (χ3n) is 5.27. The Morgan fingerprint density at radius 2 is 1.56 bits per heavy atom. The lowest BCUT2D eigenvalue weighted by molar-refractivity contribution is -0.169. The number of ether oxygens (including phenoxy) is 1. The first kappa shape index (κ1) is 20.4. The van der Waals surface area contributed by atoms with E-state index in [9.17, 15) is 25.5 Å². The average molecular weight is 356 g/mol. The van der Waals surface area contributed by atoms with Crippen LogP contribution in [0, 0.1) is 11.8 Å². The van der Waals surface area contributed by atoms with E-state index >= 15 is 0 Å². The van der Waals surface area contributed by atoms with E-state index in [0.29, 0.717) is 38.5 Å². The Balaban J connectivity index is 2.15. The summed E-state index contributed by atoms with van der Waals surface area (Å²) >= 11 is 0. The summed E-state index contributed by atoms with van der Waals surface area (Å²) in [6.07, 6.45) is 2.37. The molecule has 2 aliphatic rings. The fourth-order valence-electron chi connectivity index (χ4n) is 3.82. The second-order valence-corrected chi connectivity index (χ2v) is 7.49. The van der Waals surface area contributed by atoms with Crippen LogP contribution in [-0.4, -0.2) is 56.2 Å². The first-order valence-electron chi connectivity index (χ1n) is 9.26. The average Bonchev–Trinajstić information content (AvgIpc) is 2.52. The Labute approximate surface area is 149 Å². The highest BCUT2D eigenvalue weighted by atomic mass is 16.6. The van der Waals surface area contributed by atoms with Gasteiger partial charge in [0.1, 0.15) is 11.9 Å². The second kappa shape index (κ2) is 9.14. The maximum atomic E-state index is 10.5. The molecule has 0 radical (unpaired) electrons. The summed E-state index contributed by atoms with van der Waals surface area (Å²) in [7, 11) is 0. The van der Waals surface area contributed by atoms with E-state index in [1.807, 2.05) is 19.9 Å². The van der Waals surface area contributed by atoms with Crippen LogP contribution >= 0.6 is 0 Å². The van der Waals surface area contributed by atoms with Gasteiger partial charge in [0.25, 0.3) is 0 Å². The van der Waals surface area contributed by atoms with Gasteiger partial charge < -0.3 is 30.3 Å². The Morgan fingerprint density at radius 1 is 0.960 bits per heavy atom. The van der Waals surface area contributed by atoms with Crippen molar-refractivity contribution in [3.8, 4) is 0 Å². The summed E-state index contributed by atoms with van der Waals surface area (Å²) in [5, 5.41) is 51.0. The predicted molar refractivity (Wildman–Crippen MR) is 93.7 cm³/mol. The molecule has 0 spiro atoms. The van der Waals surface area contributed by atoms with Gasteiger partial charge in [-0.15, -0.1) is 0 Å². The van der Waals surface area contributed by atoms with Gasteiger partial charge in [-0.25, -0.2) is 0 Å². The summed E-state index contributed by atoms with van der Waals surface area (Å²) in [4.78, 5) is 0. The molecular formula is C19H32O6. The number of hydrogen-bond acceptors (Lipinski definition) is 6. The van der Waals surface area contributed by atoms with Gasteiger partial charge in [0.05, 0.1) is 24.2 Å². The third kappa shape index (κ3) is 5.53. The number of aliphatic hydroxyl groups is 5. The van der Waals surface area contributed by atoms with Gasteiger partial charge in [0.15, 0.2) is 6.29 Å². The van der Waals surface area contributed by atoms with E-state index in [0.717, 1.165) is 5.57 Å². The highest BCUT2D eigenvalue weighted by molar-refractivity contribution is 5.27. The Kier molecular flexibility index (Phi) is 7.46. The summed E-state index contributed by atoms with van der Waals surface area (Å²) in [5.41, 5.74) is 0.927. The van der Waals surface area contributed by atoms with E-state index in [2.05, 4.69) is 0 Å². The normalized spacial score (nSPS) is 41.9. The van der Waals surface area contributed by atoms with Crippen LogP contribution in [0.15, 0.2) is 23.5 Å². The molecule has 144 valence electrons. The van der Waals surface area contributed by atoms with Gasteiger partial charge in [0, 0.05) is 0 Å². The SMILES string of the molecule is CC1=CC2CCC[C@H](O)[C@H](O)C(O)CCC[C@H](C)OC(O)C2C(O)=C1. The molecule has 25 heavy (non-hydrogen) atoms. The van der Waals surface area contributed by atoms with Crippen LogP contribution in [0.5, 0.6) is 0 Å². The van der Waals surface area contributed by atoms with E-state index in [1.165, 1.54) is 0 Å². The molecular weight excluding hydrogens is 324 g/mol. The van der Waals surface area contributed by atoms with Gasteiger partial charge in [-0.1, -0.05) is 18.1 Å². The zero-order valence-corrected chi connectivity index (χ0v) is 15.1. The summed E-state index contributed by atoms with van der Waals surface area (Å²) in [5.74, 6) is -0.515. The third-order valence-corrected chi connectivity index (χ3v) is 5.27. The van der Waals surface area contributed by atoms with Gasteiger partial charge >= 0.3 is 0 Å². The molecule has 1 fully saturated rings. The first-order valence-corrected chi connectivity index (χ1v) is 9.26. The molecule has 1 aliphatic heterocycles. The Hall–Kier alpha value is -0.920. The summed E-state index contributed by atoms with van der Waals surface area (Å²) in [6.45, 7) is 3.73. The number of fused-ring (bicyclic) bond motifs is 1. The minimum Gasteiger partial charge on any atom is -0.512 e. The van der Waals surface area contributed by atoms with Crippen LogP contribution in [0.4, 0.5) is 0 Å². The molecule has 4 unspecified atom stereocenters. The molecule has 5 N–H and O–H groups in total. The van der Waals surface area contributed by atoms with Crippen LogP contribution in [0.25, 0.3) is 0 Å². The first-order chi connectivity index (χ1) is 11.8. The van der Waals surface area contributed by atoms with Crippen molar-refractivity contribution in [3.63, 3.8) is 0 Å². The molecule has 7 atom stereocenters. The molecule has 0 amide bonds. The van der Waals surface area contributed by atoms with Crippen LogP contribution in [0.2, 0.25) is 0 Å². The highest BCUT2D eigenvalue weighted by Crippen LogP contribution is 2.35. The topological polar surface area (TPSA) is 110 Å². The number of allylic oxidation sites excluding steroid dienone is 3. The molecule has 1 saturated heterocycles. The largest absolute Gasteiger partial charge is 0.512 e. The molecule has 0 saturated carbocycles. The molecule has 1 aliphatic carbocycles. The number of hydrogen-bond donors (Lipinski definition) is 5. The van der Waals surface area contributed by atoms with Crippen molar-refractivity contribution in [2.24, 2.45) is 11.8 Å². The second-order valence-electron chi connectivity index (χ2n) is 7.49. The monoisotopic (exact) mass is 356 g/mol. The van der Waals surface area contributed by atoms with Gasteiger partial charge in [-0.2, -0.15) is 0 Å². The van der Waals surface area contributed by atoms with Crippen LogP contribution < -0.4 is 0 Å². The maximum absolute atomic E-state index is 10.5. The fourth-order valence-corrected chi connectivity index (χ4v) is 3.82. The quantitative estimate of drug-likeness (QED) is 0.452. The van der Waals surface area contributed by atoms with Crippen molar-refractivity contribution in [2.45, 2.75) is 83.1 Å². The zero-order chi connectivity index (χ0) is 18.6. The van der Waals surface area contributed by atoms with Gasteiger partial charge in [0.2, 0.25) is 0 Å². The number of aliphatic hydroxyl groups excluding tert-OH is 5. The molecule has 6 nitrogen and oxygen atoms in total. The highest BCUT2D eigenvalue weighted by Gasteiger charge is 2.35. The predicted octanol–water partition coefficient (Wildman–Crippen LogP) is 1.78. The smallest absolute Gasteiger partial charge is 0.165 e. The zero-order valence-electron chi connectivity index (χ0n) is 15.1. The van der Waals surface area contributed by atoms with Crippen molar-refractivity contribution >= 4 is 0 Å². The molecule has 6 heteroatoms. The van der Waals surface area contributed by atoms with Gasteiger partial charge in [-0.05, 0) is 57.9 Å². The summed E-state index contributed by atoms with van der Waals surface area (Å²) in [6, 6.07) is 0.